The predicted octanol–water partition coefficient (Wildman–Crippen LogP) is 0.700. The maximum absolute atomic E-state index is 11.3. The Balaban J connectivity index is 4.08. The Bertz CT molecular complexity index is 160. The number of hydrogen-bond donors (Lipinski definition) is 1. The van der Waals surface area contributed by atoms with Crippen molar-refractivity contribution in [3.8, 4) is 0 Å². The van der Waals surface area contributed by atoms with Gasteiger partial charge in [0.2, 0.25) is 5.84 Å². The topological polar surface area (TPSA) is 70.2 Å². The van der Waals surface area contributed by atoms with E-state index in [0.29, 0.717) is 0 Å². The molecule has 0 spiro atoms. The van der Waals surface area contributed by atoms with E-state index in [-0.39, 0.29) is 0 Å². The summed E-state index contributed by atoms with van der Waals surface area (Å²) in [6.07, 6.45) is 0. The molecule has 0 saturated heterocycles. The van der Waals surface area contributed by atoms with Gasteiger partial charge in [0.15, 0.2) is 0 Å². The van der Waals surface area contributed by atoms with Crippen molar-refractivity contribution in [2.45, 2.75) is 13.0 Å². The number of halogens is 2. The second-order valence-electron chi connectivity index (χ2n) is 1.58. The van der Waals surface area contributed by atoms with Crippen LogP contribution in [-0.4, -0.2) is 22.1 Å². The van der Waals surface area contributed by atoms with E-state index in [1.807, 2.05) is 0 Å². The van der Waals surface area contributed by atoms with E-state index in [1.54, 1.807) is 0 Å². The minimum atomic E-state index is -1.66. The van der Waals surface area contributed by atoms with Crippen molar-refractivity contribution in [1.82, 2.24) is 5.34 Å². The fourth-order valence-electron chi connectivity index (χ4n) is 0.241. The zero-order chi connectivity index (χ0) is 8.31. The van der Waals surface area contributed by atoms with Crippen LogP contribution >= 0.6 is 0 Å². The molecule has 0 heterocycles. The minimum Gasteiger partial charge on any atom is -0.278 e. The van der Waals surface area contributed by atoms with Crippen LogP contribution in [0.3, 0.4) is 0 Å². The number of nitro groups is 1. The third-order valence-corrected chi connectivity index (χ3v) is 0.894. The second-order valence-corrected chi connectivity index (χ2v) is 1.58. The average molecular weight is 153 g/mol. The lowest BCUT2D eigenvalue weighted by molar-refractivity contribution is -0.501. The summed E-state index contributed by atoms with van der Waals surface area (Å²) in [6.45, 7) is 0.911. The molecule has 7 heteroatoms. The third kappa shape index (κ3) is 1.92. The van der Waals surface area contributed by atoms with Crippen molar-refractivity contribution in [3.63, 3.8) is 0 Å². The minimum absolute atomic E-state index is 0.911. The molecule has 58 valence electrons. The van der Waals surface area contributed by atoms with Crippen LogP contribution in [0.15, 0.2) is 0 Å². The van der Waals surface area contributed by atoms with Crippen LogP contribution in [0.2, 0.25) is 0 Å². The van der Waals surface area contributed by atoms with Crippen LogP contribution < -0.4 is 0 Å². The molecule has 0 aliphatic heterocycles. The molecular weight excluding hydrogens is 148 g/mol. The summed E-state index contributed by atoms with van der Waals surface area (Å²) in [6, 6.07) is -1.66. The summed E-state index contributed by atoms with van der Waals surface area (Å²) in [4.78, 5) is 8.79. The molecule has 0 aromatic rings. The smallest absolute Gasteiger partial charge is 0.271 e. The van der Waals surface area contributed by atoms with Gasteiger partial charge in [0.25, 0.3) is 6.04 Å². The number of amidine groups is 1. The molecule has 0 aromatic heterocycles. The highest BCUT2D eigenvalue weighted by Gasteiger charge is 2.25. The largest absolute Gasteiger partial charge is 0.278 e. The summed E-state index contributed by atoms with van der Waals surface area (Å²) < 4.78 is 22.7. The van der Waals surface area contributed by atoms with E-state index in [1.165, 1.54) is 0 Å². The highest BCUT2D eigenvalue weighted by molar-refractivity contribution is 5.80. The highest BCUT2D eigenvalue weighted by atomic mass is 19.4. The van der Waals surface area contributed by atoms with Gasteiger partial charge in [0.05, 0.1) is 0 Å². The van der Waals surface area contributed by atoms with Gasteiger partial charge in [-0.3, -0.25) is 15.5 Å². The Kier molecular flexibility index (Phi) is 2.65. The summed E-state index contributed by atoms with van der Waals surface area (Å²) in [7, 11) is 0. The maximum atomic E-state index is 11.3. The molecule has 0 aliphatic rings. The van der Waals surface area contributed by atoms with Gasteiger partial charge in [-0.05, 0) is 5.34 Å². The molecule has 5 nitrogen and oxygen atoms in total. The summed E-state index contributed by atoms with van der Waals surface area (Å²) in [5, 5.41) is 14.6. The Morgan fingerprint density at radius 2 is 2.20 bits per heavy atom. The van der Waals surface area contributed by atoms with E-state index in [0.717, 1.165) is 6.92 Å². The Morgan fingerprint density at radius 1 is 1.80 bits per heavy atom. The van der Waals surface area contributed by atoms with Crippen LogP contribution in [0, 0.1) is 15.5 Å². The maximum Gasteiger partial charge on any atom is 0.271 e. The van der Waals surface area contributed by atoms with E-state index in [4.69, 9.17) is 5.41 Å². The molecule has 10 heavy (non-hydrogen) atoms. The summed E-state index contributed by atoms with van der Waals surface area (Å²) in [5.41, 5.74) is 0. The number of rotatable bonds is 2. The van der Waals surface area contributed by atoms with Crippen molar-refractivity contribution in [2.75, 3.05) is 0 Å². The molecule has 1 N–H and O–H groups in total. The molecule has 1 unspecified atom stereocenters. The third-order valence-electron chi connectivity index (χ3n) is 0.894. The van der Waals surface area contributed by atoms with Crippen LogP contribution in [0.4, 0.5) is 8.96 Å². The van der Waals surface area contributed by atoms with Gasteiger partial charge in [-0.2, -0.15) is 0 Å². The quantitative estimate of drug-likeness (QED) is 0.209. The molecule has 0 bridgehead atoms. The first-order chi connectivity index (χ1) is 4.46. The van der Waals surface area contributed by atoms with Crippen molar-refractivity contribution >= 4 is 5.84 Å². The Morgan fingerprint density at radius 3 is 2.30 bits per heavy atom. The predicted molar refractivity (Wildman–Crippen MR) is 28.2 cm³/mol. The monoisotopic (exact) mass is 153 g/mol. The molecule has 0 aromatic carbocycles. The summed E-state index contributed by atoms with van der Waals surface area (Å²) >= 11 is 0. The van der Waals surface area contributed by atoms with Gasteiger partial charge in [-0.15, -0.1) is 0 Å². The van der Waals surface area contributed by atoms with Gasteiger partial charge in [-0.25, -0.2) is 0 Å². The van der Waals surface area contributed by atoms with Gasteiger partial charge >= 0.3 is 0 Å². The Hall–Kier alpha value is -1.27. The summed E-state index contributed by atoms with van der Waals surface area (Å²) in [5.74, 6) is -1.31. The number of nitrogens with one attached hydrogen (secondary N) is 1. The molecule has 0 fully saturated rings. The van der Waals surface area contributed by atoms with E-state index in [9.17, 15) is 19.1 Å². The van der Waals surface area contributed by atoms with Crippen LogP contribution in [0.25, 0.3) is 0 Å². The molecule has 0 rings (SSSR count). The molecule has 0 aliphatic carbocycles. The highest BCUT2D eigenvalue weighted by Crippen LogP contribution is 1.98. The normalized spacial score (nSPS) is 12.3. The first-order valence-corrected chi connectivity index (χ1v) is 2.30. The standard InChI is InChI=1S/C3H5F2N3O2/c1-2(8(9)10)3(6)7(4)5/h2,6H,1H3. The van der Waals surface area contributed by atoms with Gasteiger partial charge < -0.3 is 0 Å². The molecule has 1 atom stereocenters. The van der Waals surface area contributed by atoms with Crippen molar-refractivity contribution in [3.05, 3.63) is 10.1 Å². The van der Waals surface area contributed by atoms with E-state index in [2.05, 4.69) is 0 Å². The van der Waals surface area contributed by atoms with Crippen molar-refractivity contribution in [2.24, 2.45) is 0 Å². The SMILES string of the molecule is CC(C(=N)N(F)F)[N+](=O)[O-]. The first-order valence-electron chi connectivity index (χ1n) is 2.30. The van der Waals surface area contributed by atoms with Gasteiger partial charge in [0, 0.05) is 11.8 Å². The molecular formula is C3H5F2N3O2. The molecule has 0 radical (unpaired) electrons. The fourth-order valence-corrected chi connectivity index (χ4v) is 0.241. The first kappa shape index (κ1) is 8.73. The molecule has 0 saturated carbocycles. The van der Waals surface area contributed by atoms with Crippen molar-refractivity contribution < 1.29 is 13.9 Å². The average Bonchev–Trinajstić information content (AvgIpc) is 1.84. The van der Waals surface area contributed by atoms with Gasteiger partial charge in [-0.1, -0.05) is 8.96 Å². The van der Waals surface area contributed by atoms with Crippen LogP contribution in [0.5, 0.6) is 0 Å². The lowest BCUT2D eigenvalue weighted by Crippen LogP contribution is -2.32. The lowest BCUT2D eigenvalue weighted by atomic mass is 10.3. The lowest BCUT2D eigenvalue weighted by Gasteiger charge is -2.04. The number of hydrogen-bond acceptors (Lipinski definition) is 3. The Labute approximate surface area is 54.8 Å². The van der Waals surface area contributed by atoms with Gasteiger partial charge in [0.1, 0.15) is 0 Å². The fraction of sp³-hybridized carbons (Fsp3) is 0.667. The van der Waals surface area contributed by atoms with E-state index >= 15 is 0 Å². The zero-order valence-corrected chi connectivity index (χ0v) is 5.04. The van der Waals surface area contributed by atoms with Crippen LogP contribution in [-0.2, 0) is 0 Å². The molecule has 0 amide bonds. The van der Waals surface area contributed by atoms with Crippen LogP contribution in [0.1, 0.15) is 6.92 Å². The number of nitrogens with zero attached hydrogens (tertiary/aromatic N) is 2. The van der Waals surface area contributed by atoms with Crippen molar-refractivity contribution in [1.29, 1.82) is 5.41 Å². The van der Waals surface area contributed by atoms with E-state index < -0.39 is 22.1 Å². The second kappa shape index (κ2) is 3.04. The zero-order valence-electron chi connectivity index (χ0n) is 5.04.